The van der Waals surface area contributed by atoms with Crippen LogP contribution >= 0.6 is 22.6 Å². The maximum absolute atomic E-state index is 5.46. The summed E-state index contributed by atoms with van der Waals surface area (Å²) in [7, 11) is 0. The molecule has 14 heavy (non-hydrogen) atoms. The van der Waals surface area contributed by atoms with Gasteiger partial charge in [0.15, 0.2) is 0 Å². The lowest BCUT2D eigenvalue weighted by Crippen LogP contribution is -2.28. The van der Waals surface area contributed by atoms with E-state index in [0.29, 0.717) is 6.42 Å². The number of rotatable bonds is 3. The number of hydrogen-bond donors (Lipinski definition) is 2. The van der Waals surface area contributed by atoms with Gasteiger partial charge in [-0.3, -0.25) is 11.3 Å². The fourth-order valence-electron chi connectivity index (χ4n) is 1.32. The van der Waals surface area contributed by atoms with Gasteiger partial charge in [-0.15, -0.1) is 12.3 Å². The number of hydrazine groups is 1. The molecule has 1 aromatic carbocycles. The van der Waals surface area contributed by atoms with Crippen LogP contribution in [0.15, 0.2) is 18.2 Å². The maximum Gasteiger partial charge on any atom is 0.0579 e. The molecule has 0 aliphatic rings. The molecule has 0 aliphatic carbocycles. The van der Waals surface area contributed by atoms with E-state index < -0.39 is 0 Å². The molecule has 1 atom stereocenters. The first-order chi connectivity index (χ1) is 6.70. The van der Waals surface area contributed by atoms with Crippen LogP contribution in [0.1, 0.15) is 23.6 Å². The summed E-state index contributed by atoms with van der Waals surface area (Å²) in [6, 6.07) is 6.20. The van der Waals surface area contributed by atoms with Gasteiger partial charge in [0.25, 0.3) is 0 Å². The van der Waals surface area contributed by atoms with Gasteiger partial charge in [0.2, 0.25) is 0 Å². The Bertz CT molecular complexity index is 355. The molecule has 0 bridgehead atoms. The topological polar surface area (TPSA) is 38.0 Å². The second-order valence-electron chi connectivity index (χ2n) is 3.11. The fourth-order valence-corrected chi connectivity index (χ4v) is 2.05. The van der Waals surface area contributed by atoms with Crippen molar-refractivity contribution in [2.45, 2.75) is 19.4 Å². The molecule has 0 saturated carbocycles. The highest BCUT2D eigenvalue weighted by molar-refractivity contribution is 14.1. The SMILES string of the molecule is C#CCC(NN)c1cccc(C)c1I. The van der Waals surface area contributed by atoms with Crippen LogP contribution in [0.5, 0.6) is 0 Å². The Hall–Kier alpha value is -0.570. The minimum Gasteiger partial charge on any atom is -0.271 e. The van der Waals surface area contributed by atoms with Crippen molar-refractivity contribution in [2.24, 2.45) is 5.84 Å². The zero-order valence-corrected chi connectivity index (χ0v) is 10.2. The average Bonchev–Trinajstić information content (AvgIpc) is 2.19. The van der Waals surface area contributed by atoms with E-state index in [1.165, 1.54) is 14.7 Å². The second kappa shape index (κ2) is 5.35. The Morgan fingerprint density at radius 3 is 2.93 bits per heavy atom. The van der Waals surface area contributed by atoms with Gasteiger partial charge in [0, 0.05) is 9.99 Å². The zero-order chi connectivity index (χ0) is 10.6. The minimum atomic E-state index is 0.0480. The Morgan fingerprint density at radius 1 is 1.64 bits per heavy atom. The Labute approximate surface area is 98.4 Å². The van der Waals surface area contributed by atoms with Gasteiger partial charge >= 0.3 is 0 Å². The monoisotopic (exact) mass is 300 g/mol. The van der Waals surface area contributed by atoms with Crippen molar-refractivity contribution in [1.29, 1.82) is 0 Å². The van der Waals surface area contributed by atoms with Crippen LogP contribution in [0.2, 0.25) is 0 Å². The Kier molecular flexibility index (Phi) is 4.39. The molecule has 1 unspecified atom stereocenters. The third-order valence-electron chi connectivity index (χ3n) is 2.12. The van der Waals surface area contributed by atoms with Crippen molar-refractivity contribution >= 4 is 22.6 Å². The highest BCUT2D eigenvalue weighted by Gasteiger charge is 2.12. The third kappa shape index (κ3) is 2.47. The number of nitrogens with two attached hydrogens (primary N) is 1. The molecule has 0 amide bonds. The summed E-state index contributed by atoms with van der Waals surface area (Å²) in [4.78, 5) is 0. The smallest absolute Gasteiger partial charge is 0.0579 e. The molecule has 3 heteroatoms. The normalized spacial score (nSPS) is 12.1. The minimum absolute atomic E-state index is 0.0480. The Morgan fingerprint density at radius 2 is 2.36 bits per heavy atom. The van der Waals surface area contributed by atoms with Crippen molar-refractivity contribution in [3.63, 3.8) is 0 Å². The maximum atomic E-state index is 5.46. The third-order valence-corrected chi connectivity index (χ3v) is 3.59. The lowest BCUT2D eigenvalue weighted by molar-refractivity contribution is 0.565. The van der Waals surface area contributed by atoms with E-state index in [1.54, 1.807) is 0 Å². The number of hydrogen-bond acceptors (Lipinski definition) is 2. The van der Waals surface area contributed by atoms with E-state index in [0.717, 1.165) is 0 Å². The second-order valence-corrected chi connectivity index (χ2v) is 4.18. The summed E-state index contributed by atoms with van der Waals surface area (Å²) in [5, 5.41) is 0. The van der Waals surface area contributed by atoms with Gasteiger partial charge in [0.1, 0.15) is 0 Å². The molecule has 74 valence electrons. The van der Waals surface area contributed by atoms with Crippen LogP contribution in [0.4, 0.5) is 0 Å². The van der Waals surface area contributed by atoms with E-state index >= 15 is 0 Å². The van der Waals surface area contributed by atoms with Crippen LogP contribution in [-0.2, 0) is 0 Å². The number of aryl methyl sites for hydroxylation is 1. The lowest BCUT2D eigenvalue weighted by Gasteiger charge is -2.16. The number of nitrogens with one attached hydrogen (secondary N) is 1. The highest BCUT2D eigenvalue weighted by Crippen LogP contribution is 2.24. The van der Waals surface area contributed by atoms with Crippen LogP contribution in [0, 0.1) is 22.8 Å². The van der Waals surface area contributed by atoms with Crippen molar-refractivity contribution in [1.82, 2.24) is 5.43 Å². The summed E-state index contributed by atoms with van der Waals surface area (Å²) >= 11 is 2.32. The summed E-state index contributed by atoms with van der Waals surface area (Å²) in [6.07, 6.45) is 5.89. The van der Waals surface area contributed by atoms with E-state index in [2.05, 4.69) is 53.0 Å². The molecule has 3 N–H and O–H groups in total. The van der Waals surface area contributed by atoms with E-state index in [9.17, 15) is 0 Å². The number of halogens is 1. The van der Waals surface area contributed by atoms with Gasteiger partial charge in [-0.1, -0.05) is 18.2 Å². The number of terminal acetylenes is 1. The number of benzene rings is 1. The quantitative estimate of drug-likeness (QED) is 0.388. The molecule has 0 aromatic heterocycles. The molecule has 1 aromatic rings. The standard InChI is InChI=1S/C11H13IN2/c1-3-5-10(14-13)9-7-4-6-8(2)11(9)12/h1,4,6-7,10,14H,5,13H2,2H3. The van der Waals surface area contributed by atoms with Gasteiger partial charge in [-0.05, 0) is 40.6 Å². The summed E-state index contributed by atoms with van der Waals surface area (Å²) in [5.41, 5.74) is 5.16. The molecule has 0 heterocycles. The largest absolute Gasteiger partial charge is 0.271 e. The van der Waals surface area contributed by atoms with E-state index in [4.69, 9.17) is 12.3 Å². The van der Waals surface area contributed by atoms with Gasteiger partial charge < -0.3 is 0 Å². The predicted molar refractivity (Wildman–Crippen MR) is 67.4 cm³/mol. The summed E-state index contributed by atoms with van der Waals surface area (Å²) < 4.78 is 1.23. The Balaban J connectivity index is 3.05. The van der Waals surface area contributed by atoms with Crippen molar-refractivity contribution in [2.75, 3.05) is 0 Å². The van der Waals surface area contributed by atoms with Crippen LogP contribution in [-0.4, -0.2) is 0 Å². The van der Waals surface area contributed by atoms with E-state index in [-0.39, 0.29) is 6.04 Å². The average molecular weight is 300 g/mol. The van der Waals surface area contributed by atoms with Crippen LogP contribution in [0.25, 0.3) is 0 Å². The first-order valence-corrected chi connectivity index (χ1v) is 5.43. The van der Waals surface area contributed by atoms with E-state index in [1.807, 2.05) is 6.07 Å². The molecular weight excluding hydrogens is 287 g/mol. The molecule has 0 spiro atoms. The van der Waals surface area contributed by atoms with Crippen LogP contribution < -0.4 is 11.3 Å². The van der Waals surface area contributed by atoms with Crippen molar-refractivity contribution < 1.29 is 0 Å². The van der Waals surface area contributed by atoms with Gasteiger partial charge in [-0.25, -0.2) is 0 Å². The molecule has 2 nitrogen and oxygen atoms in total. The zero-order valence-electron chi connectivity index (χ0n) is 8.05. The van der Waals surface area contributed by atoms with Crippen molar-refractivity contribution in [3.05, 3.63) is 32.9 Å². The van der Waals surface area contributed by atoms with Crippen LogP contribution in [0.3, 0.4) is 0 Å². The lowest BCUT2D eigenvalue weighted by atomic mass is 10.0. The summed E-state index contributed by atoms with van der Waals surface area (Å²) in [6.45, 7) is 2.08. The fraction of sp³-hybridized carbons (Fsp3) is 0.273. The molecule has 1 rings (SSSR count). The van der Waals surface area contributed by atoms with Gasteiger partial charge in [-0.2, -0.15) is 0 Å². The first-order valence-electron chi connectivity index (χ1n) is 4.35. The summed E-state index contributed by atoms with van der Waals surface area (Å²) in [5.74, 6) is 8.08. The highest BCUT2D eigenvalue weighted by atomic mass is 127. The predicted octanol–water partition coefficient (Wildman–Crippen LogP) is 2.13. The molecular formula is C11H13IN2. The molecule has 0 radical (unpaired) electrons. The molecule has 0 fully saturated rings. The van der Waals surface area contributed by atoms with Crippen molar-refractivity contribution in [3.8, 4) is 12.3 Å². The first kappa shape index (κ1) is 11.5. The van der Waals surface area contributed by atoms with Gasteiger partial charge in [0.05, 0.1) is 6.04 Å². The molecule has 0 saturated heterocycles. The molecule has 0 aliphatic heterocycles.